The number of carbonyl (C=O) groups is 1. The first kappa shape index (κ1) is 35.3. The Balaban J connectivity index is -0.000000782. The molecule has 2 heterocycles. The largest absolute Gasteiger partial charge is 1.00 e. The Morgan fingerprint density at radius 3 is 1.45 bits per heavy atom. The third-order valence-electron chi connectivity index (χ3n) is 3.98. The Morgan fingerprint density at radius 1 is 0.848 bits per heavy atom. The molecule has 2 aliphatic rings. The van der Waals surface area contributed by atoms with Crippen molar-refractivity contribution in [1.82, 2.24) is 19.6 Å². The maximum Gasteiger partial charge on any atom is 0.762 e. The average molecular weight is 498 g/mol. The van der Waals surface area contributed by atoms with E-state index >= 15 is 0 Å². The SMILES string of the molecule is COCC(COC(C)=O)(CN1C=CN(C)C1)CN1C=CN(C)C1.FB(F)F.FB(F)F.[F-].[F-]. The van der Waals surface area contributed by atoms with Gasteiger partial charge in [-0.05, 0) is 0 Å². The van der Waals surface area contributed by atoms with E-state index in [9.17, 15) is 30.7 Å². The van der Waals surface area contributed by atoms with Crippen LogP contribution in [0.1, 0.15) is 6.92 Å². The van der Waals surface area contributed by atoms with E-state index in [4.69, 9.17) is 9.47 Å². The number of ether oxygens (including phenoxy) is 2. The van der Waals surface area contributed by atoms with E-state index in [2.05, 4.69) is 32.0 Å². The highest BCUT2D eigenvalue weighted by atomic mass is 19.4. The number of carbonyl (C=O) groups excluding carboxylic acids is 1. The molecule has 0 unspecified atom stereocenters. The highest BCUT2D eigenvalue weighted by molar-refractivity contribution is 6.33. The second kappa shape index (κ2) is 18.1. The van der Waals surface area contributed by atoms with Crippen LogP contribution in [0.15, 0.2) is 24.8 Å². The third kappa shape index (κ3) is 17.9. The van der Waals surface area contributed by atoms with Crippen molar-refractivity contribution < 1.29 is 49.6 Å². The summed E-state index contributed by atoms with van der Waals surface area (Å²) >= 11 is 0. The highest BCUT2D eigenvalue weighted by Gasteiger charge is 2.37. The van der Waals surface area contributed by atoms with Crippen molar-refractivity contribution >= 4 is 21.1 Å². The lowest BCUT2D eigenvalue weighted by Crippen LogP contribution is -3.00. The zero-order valence-corrected chi connectivity index (χ0v) is 18.7. The number of hydrogen-bond donors (Lipinski definition) is 0. The molecule has 0 saturated carbocycles. The molecular weight excluding hydrogens is 470 g/mol. The first-order valence-electron chi connectivity index (χ1n) is 9.11. The molecule has 0 N–H and O–H groups in total. The molecule has 7 nitrogen and oxygen atoms in total. The number of hydrogen-bond acceptors (Lipinski definition) is 7. The average Bonchev–Trinajstić information content (AvgIpc) is 3.20. The summed E-state index contributed by atoms with van der Waals surface area (Å²) < 4.78 is 68.9. The van der Waals surface area contributed by atoms with Gasteiger partial charge in [0.1, 0.15) is 6.61 Å². The molecule has 0 spiro atoms. The van der Waals surface area contributed by atoms with Gasteiger partial charge in [0.2, 0.25) is 0 Å². The molecule has 0 radical (unpaired) electrons. The first-order chi connectivity index (χ1) is 14.4. The predicted octanol–water partition coefficient (Wildman–Crippen LogP) is -3.70. The third-order valence-corrected chi connectivity index (χ3v) is 3.98. The van der Waals surface area contributed by atoms with Gasteiger partial charge in [0, 0.05) is 66.0 Å². The summed E-state index contributed by atoms with van der Waals surface area (Å²) in [5.41, 5.74) is -0.286. The smallest absolute Gasteiger partial charge is 0.762 e. The van der Waals surface area contributed by atoms with Gasteiger partial charge in [-0.25, -0.2) is 0 Å². The van der Waals surface area contributed by atoms with E-state index < -0.39 is 15.1 Å². The molecule has 0 atom stereocenters. The minimum atomic E-state index is -3.67. The Hall–Kier alpha value is -2.32. The van der Waals surface area contributed by atoms with E-state index in [1.54, 1.807) is 7.11 Å². The van der Waals surface area contributed by atoms with Crippen molar-refractivity contribution in [3.8, 4) is 0 Å². The lowest BCUT2D eigenvalue weighted by Gasteiger charge is -2.39. The molecule has 0 bridgehead atoms. The lowest BCUT2D eigenvalue weighted by atomic mass is 9.88. The molecule has 0 aliphatic carbocycles. The maximum atomic E-state index is 11.3. The van der Waals surface area contributed by atoms with Crippen LogP contribution in [0, 0.1) is 5.41 Å². The van der Waals surface area contributed by atoms with Crippen LogP contribution in [0.3, 0.4) is 0 Å². The van der Waals surface area contributed by atoms with Gasteiger partial charge in [-0.1, -0.05) is 0 Å². The summed E-state index contributed by atoms with van der Waals surface area (Å²) in [6.07, 6.45) is 8.24. The maximum absolute atomic E-state index is 11.3. The van der Waals surface area contributed by atoms with Gasteiger partial charge in [-0.15, -0.1) is 0 Å². The fourth-order valence-corrected chi connectivity index (χ4v) is 3.08. The van der Waals surface area contributed by atoms with E-state index in [0.29, 0.717) is 13.2 Å². The molecule has 194 valence electrons. The monoisotopic (exact) mass is 498 g/mol. The number of halogens is 8. The zero-order valence-electron chi connectivity index (χ0n) is 18.7. The van der Waals surface area contributed by atoms with Gasteiger partial charge >= 0.3 is 21.1 Å². The summed E-state index contributed by atoms with van der Waals surface area (Å²) in [5.74, 6) is -0.256. The van der Waals surface area contributed by atoms with Crippen LogP contribution >= 0.6 is 0 Å². The summed E-state index contributed by atoms with van der Waals surface area (Å²) in [5, 5.41) is 0. The minimum absolute atomic E-state index is 0. The van der Waals surface area contributed by atoms with Gasteiger partial charge in [0.05, 0.1) is 25.4 Å². The second-order valence-electron chi connectivity index (χ2n) is 7.10. The summed E-state index contributed by atoms with van der Waals surface area (Å²) in [6, 6.07) is 0. The second-order valence-corrected chi connectivity index (χ2v) is 7.10. The molecule has 17 heteroatoms. The summed E-state index contributed by atoms with van der Waals surface area (Å²) in [4.78, 5) is 20.0. The van der Waals surface area contributed by atoms with Crippen LogP contribution in [0.25, 0.3) is 0 Å². The number of methoxy groups -OCH3 is 1. The first-order valence-corrected chi connectivity index (χ1v) is 9.11. The Bertz CT molecular complexity index is 542. The van der Waals surface area contributed by atoms with Crippen LogP contribution in [0.4, 0.5) is 25.9 Å². The van der Waals surface area contributed by atoms with Crippen LogP contribution in [-0.2, 0) is 14.3 Å². The van der Waals surface area contributed by atoms with E-state index in [0.717, 1.165) is 26.4 Å². The van der Waals surface area contributed by atoms with Gasteiger partial charge < -0.3 is 38.5 Å². The zero-order chi connectivity index (χ0) is 24.0. The highest BCUT2D eigenvalue weighted by Crippen LogP contribution is 2.25. The summed E-state index contributed by atoms with van der Waals surface area (Å²) in [7, 11) is -1.56. The van der Waals surface area contributed by atoms with Crippen molar-refractivity contribution in [1.29, 1.82) is 0 Å². The van der Waals surface area contributed by atoms with Gasteiger partial charge in [-0.2, -0.15) is 0 Å². The number of esters is 1. The summed E-state index contributed by atoms with van der Waals surface area (Å²) in [6.45, 7) is 5.53. The van der Waals surface area contributed by atoms with Gasteiger partial charge in [0.15, 0.2) is 0 Å². The molecular formula is C16H28B2F8N4O3-2. The lowest BCUT2D eigenvalue weighted by molar-refractivity contribution is -0.147. The molecule has 0 fully saturated rings. The molecule has 2 rings (SSSR count). The molecule has 0 aromatic rings. The fourth-order valence-electron chi connectivity index (χ4n) is 3.08. The molecule has 0 amide bonds. The number of rotatable bonds is 8. The van der Waals surface area contributed by atoms with Crippen molar-refractivity contribution in [3.05, 3.63) is 24.8 Å². The molecule has 0 aromatic carbocycles. The van der Waals surface area contributed by atoms with E-state index in [1.807, 2.05) is 26.5 Å². The standard InChI is InChI=1S/C16H28N4O3.2BF3.2FH/c1-15(21)23-12-16(11-22-4,9-19-7-5-17(2)13-19)10-20-8-6-18(3)14-20;2*2-1(3)4;;/h5-8H,9-14H2,1-4H3;;;2*1H/p-2. The van der Waals surface area contributed by atoms with Crippen LogP contribution < -0.4 is 9.41 Å². The van der Waals surface area contributed by atoms with Crippen LogP contribution in [0.5, 0.6) is 0 Å². The van der Waals surface area contributed by atoms with E-state index in [1.165, 1.54) is 6.92 Å². The molecule has 33 heavy (non-hydrogen) atoms. The Morgan fingerprint density at radius 2 is 1.21 bits per heavy atom. The minimum Gasteiger partial charge on any atom is -1.00 e. The van der Waals surface area contributed by atoms with E-state index in [-0.39, 0.29) is 20.8 Å². The van der Waals surface area contributed by atoms with Crippen molar-refractivity contribution in [2.24, 2.45) is 5.41 Å². The predicted molar refractivity (Wildman–Crippen MR) is 106 cm³/mol. The fraction of sp³-hybridized carbons (Fsp3) is 0.688. The Kier molecular flexibility index (Phi) is 19.4. The van der Waals surface area contributed by atoms with Crippen molar-refractivity contribution in [2.75, 3.05) is 60.8 Å². The topological polar surface area (TPSA) is 48.5 Å². The van der Waals surface area contributed by atoms with Gasteiger partial charge in [0.25, 0.3) is 0 Å². The van der Waals surface area contributed by atoms with Crippen LogP contribution in [-0.4, -0.2) is 102 Å². The quantitative estimate of drug-likeness (QED) is 0.194. The molecule has 2 aliphatic heterocycles. The Labute approximate surface area is 189 Å². The van der Waals surface area contributed by atoms with Crippen LogP contribution in [0.2, 0.25) is 0 Å². The molecule has 0 saturated heterocycles. The molecule has 0 aromatic heterocycles. The van der Waals surface area contributed by atoms with Gasteiger partial charge in [-0.3, -0.25) is 30.7 Å². The normalized spacial score (nSPS) is 13.9. The van der Waals surface area contributed by atoms with Crippen molar-refractivity contribution in [2.45, 2.75) is 6.92 Å². The number of nitrogens with zero attached hydrogens (tertiary/aromatic N) is 4. The van der Waals surface area contributed by atoms with Crippen molar-refractivity contribution in [3.63, 3.8) is 0 Å².